The number of nitrogens with zero attached hydrogens (tertiary/aromatic N) is 3. The van der Waals surface area contributed by atoms with Gasteiger partial charge in [-0.3, -0.25) is 4.99 Å². The lowest BCUT2D eigenvalue weighted by Gasteiger charge is -2.38. The number of aliphatic imine (C=N–C) groups is 1. The number of piperazine rings is 1. The van der Waals surface area contributed by atoms with E-state index in [0.717, 1.165) is 52.4 Å². The Balaban J connectivity index is 0.000000996. The zero-order valence-corrected chi connectivity index (χ0v) is 28.2. The fourth-order valence-electron chi connectivity index (χ4n) is 3.78. The summed E-state index contributed by atoms with van der Waals surface area (Å²) in [6, 6.07) is 8.02. The van der Waals surface area contributed by atoms with Crippen LogP contribution in [0, 0.1) is 0 Å². The van der Waals surface area contributed by atoms with E-state index < -0.39 is 5.60 Å². The predicted octanol–water partition coefficient (Wildman–Crippen LogP) is 9.82. The summed E-state index contributed by atoms with van der Waals surface area (Å²) in [7, 11) is 0. The van der Waals surface area contributed by atoms with Crippen molar-refractivity contribution in [2.45, 2.75) is 94.1 Å². The number of hydrogen-bond acceptors (Lipinski definition) is 4. The molecule has 0 unspecified atom stereocenters. The summed E-state index contributed by atoms with van der Waals surface area (Å²) in [4.78, 5) is 20.9. The van der Waals surface area contributed by atoms with Gasteiger partial charge < -0.3 is 14.5 Å². The highest BCUT2D eigenvalue weighted by Crippen LogP contribution is 2.26. The minimum absolute atomic E-state index is 0.235. The SMILES string of the molecule is CC.CCCc1cccc(Cl)c1.C\C=C(Br)/C(=C(/C)N1CCN(C(=O)OC(C)(C)C)CC1)C(/C)=N/C=C/CC. The summed E-state index contributed by atoms with van der Waals surface area (Å²) in [6.45, 7) is 22.9. The molecule has 0 aliphatic carbocycles. The van der Waals surface area contributed by atoms with Crippen LogP contribution < -0.4 is 0 Å². The normalized spacial score (nSPS) is 15.2. The van der Waals surface area contributed by atoms with E-state index in [0.29, 0.717) is 13.1 Å². The average Bonchev–Trinajstić information content (AvgIpc) is 2.89. The zero-order valence-electron chi connectivity index (χ0n) is 25.9. The first-order valence-electron chi connectivity index (χ1n) is 14.1. The van der Waals surface area contributed by atoms with E-state index in [2.05, 4.69) is 52.7 Å². The summed E-state index contributed by atoms with van der Waals surface area (Å²) in [6.07, 6.45) is 8.98. The van der Waals surface area contributed by atoms with Crippen molar-refractivity contribution in [3.05, 3.63) is 69.0 Å². The topological polar surface area (TPSA) is 45.1 Å². The first-order valence-corrected chi connectivity index (χ1v) is 15.3. The maximum atomic E-state index is 12.3. The molecule has 1 aromatic rings. The third-order valence-corrected chi connectivity index (χ3v) is 6.75. The van der Waals surface area contributed by atoms with Gasteiger partial charge in [-0.25, -0.2) is 4.79 Å². The molecule has 0 saturated carbocycles. The van der Waals surface area contributed by atoms with Crippen molar-refractivity contribution in [3.8, 4) is 0 Å². The van der Waals surface area contributed by atoms with Crippen LogP contribution in [0.15, 0.2) is 63.4 Å². The van der Waals surface area contributed by atoms with E-state index in [1.54, 1.807) is 4.90 Å². The lowest BCUT2D eigenvalue weighted by atomic mass is 10.1. The molecule has 39 heavy (non-hydrogen) atoms. The molecule has 0 spiro atoms. The number of rotatable bonds is 7. The lowest BCUT2D eigenvalue weighted by molar-refractivity contribution is 0.0168. The summed E-state index contributed by atoms with van der Waals surface area (Å²) in [5.74, 6) is 0. The molecule has 1 heterocycles. The lowest BCUT2D eigenvalue weighted by Crippen LogP contribution is -2.49. The molecule has 5 nitrogen and oxygen atoms in total. The first kappa shape index (κ1) is 37.0. The van der Waals surface area contributed by atoms with Crippen LogP contribution in [0.5, 0.6) is 0 Å². The van der Waals surface area contributed by atoms with Crippen LogP contribution in [-0.4, -0.2) is 53.4 Å². The Morgan fingerprint density at radius 2 is 1.69 bits per heavy atom. The molecular formula is C32H51BrClN3O2. The van der Waals surface area contributed by atoms with Crippen LogP contribution in [0.2, 0.25) is 5.02 Å². The number of hydrogen-bond donors (Lipinski definition) is 0. The fourth-order valence-corrected chi connectivity index (χ4v) is 4.56. The van der Waals surface area contributed by atoms with Gasteiger partial charge >= 0.3 is 6.09 Å². The van der Waals surface area contributed by atoms with Crippen LogP contribution in [0.3, 0.4) is 0 Å². The molecule has 1 aliphatic rings. The van der Waals surface area contributed by atoms with E-state index in [1.165, 1.54) is 12.0 Å². The first-order chi connectivity index (χ1) is 18.4. The molecule has 1 aromatic carbocycles. The monoisotopic (exact) mass is 623 g/mol. The minimum Gasteiger partial charge on any atom is -0.444 e. The Bertz CT molecular complexity index is 985. The Hall–Kier alpha value is -2.05. The number of allylic oxidation sites excluding steroid dienone is 5. The Morgan fingerprint density at radius 3 is 2.18 bits per heavy atom. The van der Waals surface area contributed by atoms with Gasteiger partial charge in [0.25, 0.3) is 0 Å². The van der Waals surface area contributed by atoms with Gasteiger partial charge in [0, 0.05) is 58.9 Å². The van der Waals surface area contributed by atoms with E-state index in [1.807, 2.05) is 85.0 Å². The number of carbonyl (C=O) groups excluding carboxylic acids is 1. The highest BCUT2D eigenvalue weighted by atomic mass is 79.9. The fraction of sp³-hybridized carbons (Fsp3) is 0.562. The quantitative estimate of drug-likeness (QED) is 0.224. The molecule has 0 atom stereocenters. The van der Waals surface area contributed by atoms with Crippen molar-refractivity contribution in [3.63, 3.8) is 0 Å². The van der Waals surface area contributed by atoms with Crippen LogP contribution in [-0.2, 0) is 11.2 Å². The van der Waals surface area contributed by atoms with Gasteiger partial charge in [0.2, 0.25) is 0 Å². The third-order valence-electron chi connectivity index (χ3n) is 5.66. The Morgan fingerprint density at radius 1 is 1.10 bits per heavy atom. The van der Waals surface area contributed by atoms with Gasteiger partial charge in [-0.1, -0.05) is 85.9 Å². The maximum Gasteiger partial charge on any atom is 0.410 e. The number of carbonyl (C=O) groups is 1. The molecule has 220 valence electrons. The Kier molecular flexibility index (Phi) is 18.9. The summed E-state index contributed by atoms with van der Waals surface area (Å²) in [5.41, 5.74) is 4.10. The molecule has 0 aromatic heterocycles. The second-order valence-electron chi connectivity index (χ2n) is 9.94. The molecule has 7 heteroatoms. The van der Waals surface area contributed by atoms with Gasteiger partial charge in [-0.2, -0.15) is 0 Å². The zero-order chi connectivity index (χ0) is 30.0. The number of halogens is 2. The van der Waals surface area contributed by atoms with E-state index in [-0.39, 0.29) is 6.09 Å². The van der Waals surface area contributed by atoms with Crippen molar-refractivity contribution in [2.24, 2.45) is 4.99 Å². The van der Waals surface area contributed by atoms with Gasteiger partial charge in [0.05, 0.1) is 0 Å². The van der Waals surface area contributed by atoms with Gasteiger partial charge in [-0.15, -0.1) is 0 Å². The number of amides is 1. The van der Waals surface area contributed by atoms with Crippen molar-refractivity contribution in [2.75, 3.05) is 26.2 Å². The van der Waals surface area contributed by atoms with Crippen molar-refractivity contribution >= 4 is 39.3 Å². The standard InChI is InChI=1S/C21H34BrN3O2.C9H11Cl.C2H6/c1-8-10-11-23-16(3)19(18(22)9-2)17(4)24-12-14-25(15-13-24)20(26)27-21(5,6)7;1-2-4-8-5-3-6-9(10)7-8;1-2/h9-11H,8,12-15H2,1-7H3;3,5-7H,2,4H2,1H3;1-2H3/b11-10+,18-9+,19-17-,23-16+;;. The predicted molar refractivity (Wildman–Crippen MR) is 174 cm³/mol. The Labute approximate surface area is 252 Å². The molecular weight excluding hydrogens is 574 g/mol. The number of benzene rings is 1. The average molecular weight is 625 g/mol. The largest absolute Gasteiger partial charge is 0.444 e. The van der Waals surface area contributed by atoms with Crippen molar-refractivity contribution in [1.29, 1.82) is 0 Å². The molecule has 1 amide bonds. The van der Waals surface area contributed by atoms with E-state index in [4.69, 9.17) is 16.3 Å². The number of aryl methyl sites for hydroxylation is 1. The smallest absolute Gasteiger partial charge is 0.410 e. The van der Waals surface area contributed by atoms with Gasteiger partial charge in [0.1, 0.15) is 5.60 Å². The van der Waals surface area contributed by atoms with Crippen molar-refractivity contribution < 1.29 is 9.53 Å². The molecule has 0 bridgehead atoms. The summed E-state index contributed by atoms with van der Waals surface area (Å²) >= 11 is 9.46. The highest BCUT2D eigenvalue weighted by molar-refractivity contribution is 9.12. The van der Waals surface area contributed by atoms with Gasteiger partial charge in [0.15, 0.2) is 0 Å². The van der Waals surface area contributed by atoms with Crippen molar-refractivity contribution in [1.82, 2.24) is 9.80 Å². The van der Waals surface area contributed by atoms with Crippen LogP contribution >= 0.6 is 27.5 Å². The summed E-state index contributed by atoms with van der Waals surface area (Å²) in [5, 5.41) is 0.839. The number of ether oxygens (including phenoxy) is 1. The molecule has 1 aliphatic heterocycles. The third kappa shape index (κ3) is 14.8. The highest BCUT2D eigenvalue weighted by Gasteiger charge is 2.27. The van der Waals surface area contributed by atoms with E-state index in [9.17, 15) is 4.79 Å². The minimum atomic E-state index is -0.465. The molecule has 0 radical (unpaired) electrons. The molecule has 1 saturated heterocycles. The maximum absolute atomic E-state index is 12.3. The van der Waals surface area contributed by atoms with Crippen LogP contribution in [0.1, 0.15) is 87.6 Å². The van der Waals surface area contributed by atoms with Gasteiger partial charge in [-0.05, 0) is 72.1 Å². The second kappa shape index (κ2) is 19.9. The van der Waals surface area contributed by atoms with E-state index >= 15 is 0 Å². The molecule has 2 rings (SSSR count). The van der Waals surface area contributed by atoms with Crippen LogP contribution in [0.4, 0.5) is 4.79 Å². The molecule has 1 fully saturated rings. The molecule has 0 N–H and O–H groups in total. The van der Waals surface area contributed by atoms with Crippen LogP contribution in [0.25, 0.3) is 0 Å². The second-order valence-corrected chi connectivity index (χ2v) is 11.2. The summed E-state index contributed by atoms with van der Waals surface area (Å²) < 4.78 is 6.51.